The number of hydrogen-bond acceptors (Lipinski definition) is 2. The van der Waals surface area contributed by atoms with Crippen LogP contribution in [-0.4, -0.2) is 12.5 Å². The summed E-state index contributed by atoms with van der Waals surface area (Å²) in [5.74, 6) is 0.0648. The van der Waals surface area contributed by atoms with Crippen molar-refractivity contribution in [1.29, 1.82) is 0 Å². The number of nitrogens with one attached hydrogen (secondary N) is 1. The largest absolute Gasteiger partial charge is 0.366 e. The first-order valence-corrected chi connectivity index (χ1v) is 9.46. The van der Waals surface area contributed by atoms with E-state index in [4.69, 9.17) is 5.73 Å². The molecule has 1 heterocycles. The van der Waals surface area contributed by atoms with Crippen LogP contribution in [0.4, 0.5) is 0 Å². The number of benzene rings is 2. The molecule has 1 aliphatic heterocycles. The fraction of sp³-hybridized carbons (Fsp3) is 0.409. The maximum atomic E-state index is 11.7. The van der Waals surface area contributed by atoms with Gasteiger partial charge in [0, 0.05) is 11.6 Å². The van der Waals surface area contributed by atoms with Crippen LogP contribution < -0.4 is 11.1 Å². The van der Waals surface area contributed by atoms with Gasteiger partial charge in [0.15, 0.2) is 0 Å². The van der Waals surface area contributed by atoms with Crippen LogP contribution in [0.1, 0.15) is 70.3 Å². The number of rotatable bonds is 3. The van der Waals surface area contributed by atoms with Gasteiger partial charge in [-0.1, -0.05) is 42.8 Å². The van der Waals surface area contributed by atoms with Crippen molar-refractivity contribution in [3.8, 4) is 0 Å². The van der Waals surface area contributed by atoms with Gasteiger partial charge in [-0.3, -0.25) is 4.79 Å². The molecule has 3 heteroatoms. The molecule has 0 bridgehead atoms. The van der Waals surface area contributed by atoms with Crippen LogP contribution in [-0.2, 0) is 12.8 Å². The Hall–Kier alpha value is -2.13. The van der Waals surface area contributed by atoms with Crippen molar-refractivity contribution in [3.63, 3.8) is 0 Å². The molecule has 1 unspecified atom stereocenters. The van der Waals surface area contributed by atoms with E-state index in [0.29, 0.717) is 17.5 Å². The van der Waals surface area contributed by atoms with E-state index in [2.05, 4.69) is 29.6 Å². The summed E-state index contributed by atoms with van der Waals surface area (Å²) in [6.45, 7) is 1.13. The van der Waals surface area contributed by atoms with Crippen molar-refractivity contribution in [3.05, 3.63) is 70.3 Å². The van der Waals surface area contributed by atoms with Crippen molar-refractivity contribution < 1.29 is 4.79 Å². The van der Waals surface area contributed by atoms with Gasteiger partial charge in [-0.05, 0) is 72.9 Å². The van der Waals surface area contributed by atoms with Gasteiger partial charge in [0.25, 0.3) is 0 Å². The predicted octanol–water partition coefficient (Wildman–Crippen LogP) is 3.87. The zero-order valence-corrected chi connectivity index (χ0v) is 14.6. The van der Waals surface area contributed by atoms with Crippen LogP contribution >= 0.6 is 0 Å². The topological polar surface area (TPSA) is 55.1 Å². The van der Waals surface area contributed by atoms with E-state index in [9.17, 15) is 4.79 Å². The Kier molecular flexibility index (Phi) is 4.58. The lowest BCUT2D eigenvalue weighted by molar-refractivity contribution is 0.0999. The van der Waals surface area contributed by atoms with Crippen LogP contribution in [0.2, 0.25) is 0 Å². The molecule has 1 aliphatic carbocycles. The Morgan fingerprint density at radius 1 is 1.04 bits per heavy atom. The normalized spacial score (nSPS) is 23.0. The Balaban J connectivity index is 1.57. The number of piperidine rings is 1. The molecule has 3 N–H and O–H groups in total. The lowest BCUT2D eigenvalue weighted by atomic mass is 9.78. The van der Waals surface area contributed by atoms with Crippen molar-refractivity contribution >= 4 is 5.91 Å². The lowest BCUT2D eigenvalue weighted by Crippen LogP contribution is -2.27. The summed E-state index contributed by atoms with van der Waals surface area (Å²) in [5.41, 5.74) is 11.7. The third-order valence-corrected chi connectivity index (χ3v) is 5.84. The highest BCUT2D eigenvalue weighted by molar-refractivity contribution is 5.94. The van der Waals surface area contributed by atoms with Crippen molar-refractivity contribution in [1.82, 2.24) is 5.32 Å². The molecule has 1 amide bonds. The number of carbonyl (C=O) groups excluding carboxylic acids is 1. The van der Waals surface area contributed by atoms with E-state index in [1.54, 1.807) is 0 Å². The first kappa shape index (κ1) is 16.3. The van der Waals surface area contributed by atoms with Crippen molar-refractivity contribution in [2.45, 2.75) is 50.5 Å². The molecule has 2 atom stereocenters. The summed E-state index contributed by atoms with van der Waals surface area (Å²) < 4.78 is 0. The van der Waals surface area contributed by atoms with Crippen LogP contribution in [0.5, 0.6) is 0 Å². The van der Waals surface area contributed by atoms with E-state index >= 15 is 0 Å². The summed E-state index contributed by atoms with van der Waals surface area (Å²) >= 11 is 0. The molecule has 4 rings (SSSR count). The number of amides is 1. The number of fused-ring (bicyclic) bond motifs is 1. The van der Waals surface area contributed by atoms with Gasteiger partial charge in [0.1, 0.15) is 0 Å². The Morgan fingerprint density at radius 2 is 1.92 bits per heavy atom. The lowest BCUT2D eigenvalue weighted by Gasteiger charge is -2.29. The second kappa shape index (κ2) is 7.01. The maximum Gasteiger partial charge on any atom is 0.248 e. The van der Waals surface area contributed by atoms with Gasteiger partial charge in [0.2, 0.25) is 5.91 Å². The Labute approximate surface area is 149 Å². The van der Waals surface area contributed by atoms with Gasteiger partial charge in [-0.15, -0.1) is 0 Å². The molecule has 2 aromatic carbocycles. The van der Waals surface area contributed by atoms with Gasteiger partial charge in [-0.2, -0.15) is 0 Å². The highest BCUT2D eigenvalue weighted by Crippen LogP contribution is 2.36. The number of primary amides is 1. The van der Waals surface area contributed by atoms with E-state index in [1.165, 1.54) is 36.0 Å². The molecule has 25 heavy (non-hydrogen) atoms. The number of nitrogens with two attached hydrogens (primary N) is 1. The third-order valence-electron chi connectivity index (χ3n) is 5.84. The molecule has 0 radical (unpaired) electrons. The van der Waals surface area contributed by atoms with Crippen molar-refractivity contribution in [2.24, 2.45) is 5.73 Å². The van der Waals surface area contributed by atoms with Crippen LogP contribution in [0.15, 0.2) is 42.5 Å². The molecular weight excluding hydrogens is 308 g/mol. The molecular formula is C22H26N2O. The molecule has 2 aliphatic rings. The first-order chi connectivity index (χ1) is 12.2. The third kappa shape index (κ3) is 3.34. The van der Waals surface area contributed by atoms with Crippen LogP contribution in [0.25, 0.3) is 0 Å². The standard InChI is InChI=1S/C22H26N2O/c23-22(25)20-6-2-1-5-19(20)17-10-8-16-14-18(11-9-15(16)13-17)21-7-3-4-12-24-21/h1-2,5-6,9,11,14,17,21,24H,3-4,7-8,10,12-13H2,(H2,23,25)/t17-,21?/m0/s1. The summed E-state index contributed by atoms with van der Waals surface area (Å²) in [5, 5.41) is 3.65. The van der Waals surface area contributed by atoms with Crippen molar-refractivity contribution in [2.75, 3.05) is 6.54 Å². The molecule has 130 valence electrons. The van der Waals surface area contributed by atoms with Gasteiger partial charge in [0.05, 0.1) is 0 Å². The number of aryl methyl sites for hydroxylation is 1. The van der Waals surface area contributed by atoms with Gasteiger partial charge >= 0.3 is 0 Å². The molecule has 0 saturated carbocycles. The zero-order chi connectivity index (χ0) is 17.2. The molecule has 0 spiro atoms. The minimum absolute atomic E-state index is 0.319. The van der Waals surface area contributed by atoms with Gasteiger partial charge in [-0.25, -0.2) is 0 Å². The van der Waals surface area contributed by atoms with E-state index in [1.807, 2.05) is 18.2 Å². The molecule has 0 aromatic heterocycles. The zero-order valence-electron chi connectivity index (χ0n) is 14.6. The average Bonchev–Trinajstić information content (AvgIpc) is 2.68. The highest BCUT2D eigenvalue weighted by Gasteiger charge is 2.24. The Morgan fingerprint density at radius 3 is 2.72 bits per heavy atom. The summed E-state index contributed by atoms with van der Waals surface area (Å²) in [6.07, 6.45) is 7.01. The minimum Gasteiger partial charge on any atom is -0.366 e. The molecule has 2 aromatic rings. The fourth-order valence-electron chi connectivity index (χ4n) is 4.47. The second-order valence-electron chi connectivity index (χ2n) is 7.42. The summed E-state index contributed by atoms with van der Waals surface area (Å²) in [4.78, 5) is 11.7. The summed E-state index contributed by atoms with van der Waals surface area (Å²) in [6, 6.07) is 15.4. The summed E-state index contributed by atoms with van der Waals surface area (Å²) in [7, 11) is 0. The smallest absolute Gasteiger partial charge is 0.248 e. The minimum atomic E-state index is -0.319. The molecule has 1 saturated heterocycles. The monoisotopic (exact) mass is 334 g/mol. The van der Waals surface area contributed by atoms with E-state index < -0.39 is 0 Å². The maximum absolute atomic E-state index is 11.7. The first-order valence-electron chi connectivity index (χ1n) is 9.46. The predicted molar refractivity (Wildman–Crippen MR) is 101 cm³/mol. The quantitative estimate of drug-likeness (QED) is 0.895. The van der Waals surface area contributed by atoms with Gasteiger partial charge < -0.3 is 11.1 Å². The average molecular weight is 334 g/mol. The second-order valence-corrected chi connectivity index (χ2v) is 7.42. The van der Waals surface area contributed by atoms with Crippen LogP contribution in [0, 0.1) is 0 Å². The Bertz CT molecular complexity index is 777. The number of hydrogen-bond donors (Lipinski definition) is 2. The number of carbonyl (C=O) groups is 1. The molecule has 3 nitrogen and oxygen atoms in total. The van der Waals surface area contributed by atoms with E-state index in [0.717, 1.165) is 31.4 Å². The van der Waals surface area contributed by atoms with E-state index in [-0.39, 0.29) is 5.91 Å². The molecule has 1 fully saturated rings. The van der Waals surface area contributed by atoms with Crippen LogP contribution in [0.3, 0.4) is 0 Å². The fourth-order valence-corrected chi connectivity index (χ4v) is 4.47. The SMILES string of the molecule is NC(=O)c1ccccc1[C@H]1CCc2cc(C3CCCCN3)ccc2C1. The highest BCUT2D eigenvalue weighted by atomic mass is 16.1.